The molecule has 1 fully saturated rings. The maximum Gasteiger partial charge on any atom is 0.306 e. The van der Waals surface area contributed by atoms with Gasteiger partial charge in [0.15, 0.2) is 0 Å². The molecule has 1 N–H and O–H groups in total. The Morgan fingerprint density at radius 2 is 1.93 bits per heavy atom. The number of hydrogen-bond donors (Lipinski definition) is 1. The van der Waals surface area contributed by atoms with E-state index in [9.17, 15) is 18.8 Å². The molecule has 2 aromatic rings. The first kappa shape index (κ1) is 21.8. The van der Waals surface area contributed by atoms with Gasteiger partial charge in [0.05, 0.1) is 24.5 Å². The number of anilines is 2. The van der Waals surface area contributed by atoms with E-state index >= 15 is 0 Å². The van der Waals surface area contributed by atoms with E-state index < -0.39 is 11.8 Å². The number of halogens is 1. The molecule has 1 aliphatic heterocycles. The number of carbonyl (C=O) groups excluding carboxylic acids is 3. The number of carbonyl (C=O) groups is 3. The molecular weight excluding hydrogens is 407 g/mol. The summed E-state index contributed by atoms with van der Waals surface area (Å²) in [7, 11) is 0. The average molecular weight is 431 g/mol. The molecule has 6 nitrogen and oxygen atoms in total. The van der Waals surface area contributed by atoms with Crippen molar-refractivity contribution in [3.05, 3.63) is 59.4 Å². The predicted molar refractivity (Wildman–Crippen MR) is 115 cm³/mol. The molecule has 0 spiro atoms. The Labute approximate surface area is 178 Å². The van der Waals surface area contributed by atoms with Gasteiger partial charge in [0.25, 0.3) is 0 Å². The third-order valence-corrected chi connectivity index (χ3v) is 5.78. The molecule has 0 aromatic heterocycles. The van der Waals surface area contributed by atoms with Gasteiger partial charge in [-0.3, -0.25) is 19.3 Å². The maximum absolute atomic E-state index is 14.4. The first-order valence-electron chi connectivity index (χ1n) is 9.64. The molecule has 0 aliphatic carbocycles. The first-order chi connectivity index (χ1) is 14.4. The largest absolute Gasteiger partial charge is 0.466 e. The fraction of sp³-hybridized carbons (Fsp3) is 0.318. The molecule has 2 aromatic carbocycles. The summed E-state index contributed by atoms with van der Waals surface area (Å²) < 4.78 is 19.2. The minimum absolute atomic E-state index is 0.0234. The number of aryl methyl sites for hydroxylation is 1. The zero-order valence-electron chi connectivity index (χ0n) is 16.8. The van der Waals surface area contributed by atoms with Crippen LogP contribution in [0, 0.1) is 12.7 Å². The summed E-state index contributed by atoms with van der Waals surface area (Å²) in [5.41, 5.74) is 2.55. The van der Waals surface area contributed by atoms with Crippen molar-refractivity contribution in [1.29, 1.82) is 0 Å². The summed E-state index contributed by atoms with van der Waals surface area (Å²) in [5.74, 6) is -1.01. The Kier molecular flexibility index (Phi) is 7.10. The van der Waals surface area contributed by atoms with Crippen molar-refractivity contribution in [1.82, 2.24) is 0 Å². The van der Waals surface area contributed by atoms with Gasteiger partial charge in [-0.15, -0.1) is 11.8 Å². The minimum Gasteiger partial charge on any atom is -0.466 e. The van der Waals surface area contributed by atoms with Gasteiger partial charge >= 0.3 is 5.97 Å². The molecule has 0 saturated carbocycles. The van der Waals surface area contributed by atoms with Crippen LogP contribution in [0.3, 0.4) is 0 Å². The summed E-state index contributed by atoms with van der Waals surface area (Å²) in [6, 6.07) is 11.8. The van der Waals surface area contributed by atoms with Crippen LogP contribution in [0.2, 0.25) is 0 Å². The predicted octanol–water partition coefficient (Wildman–Crippen LogP) is 4.19. The highest BCUT2D eigenvalue weighted by molar-refractivity contribution is 8.00. The van der Waals surface area contributed by atoms with Crippen molar-refractivity contribution < 1.29 is 23.5 Å². The molecule has 0 radical (unpaired) electrons. The van der Waals surface area contributed by atoms with Crippen molar-refractivity contribution in [2.24, 2.45) is 0 Å². The third-order valence-electron chi connectivity index (χ3n) is 4.57. The van der Waals surface area contributed by atoms with E-state index in [0.717, 1.165) is 11.1 Å². The number of rotatable bonds is 7. The lowest BCUT2D eigenvalue weighted by Gasteiger charge is -2.25. The first-order valence-corrected chi connectivity index (χ1v) is 10.7. The molecule has 1 saturated heterocycles. The van der Waals surface area contributed by atoms with E-state index in [1.165, 1.54) is 22.7 Å². The number of nitrogens with zero attached hydrogens (tertiary/aromatic N) is 1. The summed E-state index contributed by atoms with van der Waals surface area (Å²) in [4.78, 5) is 37.3. The lowest BCUT2D eigenvalue weighted by Crippen LogP contribution is -2.28. The minimum atomic E-state index is -0.438. The summed E-state index contributed by atoms with van der Waals surface area (Å²) in [6.45, 7) is 3.85. The summed E-state index contributed by atoms with van der Waals surface area (Å²) >= 11 is 1.43. The van der Waals surface area contributed by atoms with Crippen molar-refractivity contribution in [3.8, 4) is 0 Å². The fourth-order valence-corrected chi connectivity index (χ4v) is 4.31. The van der Waals surface area contributed by atoms with E-state index in [1.54, 1.807) is 43.3 Å². The Balaban J connectivity index is 1.69. The van der Waals surface area contributed by atoms with E-state index in [1.807, 2.05) is 6.92 Å². The second-order valence-corrected chi connectivity index (χ2v) is 7.93. The van der Waals surface area contributed by atoms with Crippen molar-refractivity contribution in [2.75, 3.05) is 22.6 Å². The normalized spacial score (nSPS) is 15.9. The van der Waals surface area contributed by atoms with Crippen LogP contribution in [-0.4, -0.2) is 30.1 Å². The zero-order valence-corrected chi connectivity index (χ0v) is 17.6. The van der Waals surface area contributed by atoms with Crippen LogP contribution in [0.1, 0.15) is 36.3 Å². The van der Waals surface area contributed by atoms with Crippen molar-refractivity contribution in [3.63, 3.8) is 0 Å². The number of amides is 2. The molecule has 8 heteroatoms. The number of hydrogen-bond acceptors (Lipinski definition) is 5. The number of thioether (sulfide) groups is 1. The monoisotopic (exact) mass is 430 g/mol. The highest BCUT2D eigenvalue weighted by atomic mass is 32.2. The molecule has 158 valence electrons. The molecule has 1 unspecified atom stereocenters. The average Bonchev–Trinajstić information content (AvgIpc) is 3.10. The fourth-order valence-electron chi connectivity index (χ4n) is 3.14. The van der Waals surface area contributed by atoms with Gasteiger partial charge in [0, 0.05) is 12.1 Å². The van der Waals surface area contributed by atoms with Crippen LogP contribution in [0.15, 0.2) is 42.5 Å². The topological polar surface area (TPSA) is 75.7 Å². The van der Waals surface area contributed by atoms with Crippen LogP contribution in [0.25, 0.3) is 0 Å². The van der Waals surface area contributed by atoms with Crippen LogP contribution in [-0.2, 0) is 19.1 Å². The Morgan fingerprint density at radius 3 is 2.63 bits per heavy atom. The molecule has 3 rings (SSSR count). The second-order valence-electron chi connectivity index (χ2n) is 6.86. The maximum atomic E-state index is 14.4. The van der Waals surface area contributed by atoms with E-state index in [0.29, 0.717) is 5.69 Å². The second kappa shape index (κ2) is 9.75. The molecule has 1 aliphatic rings. The molecule has 30 heavy (non-hydrogen) atoms. The van der Waals surface area contributed by atoms with E-state index in [2.05, 4.69) is 5.32 Å². The standard InChI is InChI=1S/C22H23FN2O4S/c1-3-29-21(28)11-10-19(26)24-16-7-5-15(6-8-16)22-25(20(27)13-30-22)18-12-14(2)4-9-17(18)23/h4-9,12,22H,3,10-11,13H2,1-2H3,(H,24,26). The smallest absolute Gasteiger partial charge is 0.306 e. The Hall–Kier alpha value is -2.87. The SMILES string of the molecule is CCOC(=O)CCC(=O)Nc1ccc(C2SCC(=O)N2c2cc(C)ccc2F)cc1. The van der Waals surface area contributed by atoms with Crippen LogP contribution in [0.4, 0.5) is 15.8 Å². The quantitative estimate of drug-likeness (QED) is 0.667. The van der Waals surface area contributed by atoms with Crippen molar-refractivity contribution in [2.45, 2.75) is 32.1 Å². The van der Waals surface area contributed by atoms with Gasteiger partial charge in [-0.2, -0.15) is 0 Å². The zero-order chi connectivity index (χ0) is 21.7. The highest BCUT2D eigenvalue weighted by Crippen LogP contribution is 2.42. The van der Waals surface area contributed by atoms with Crippen LogP contribution < -0.4 is 10.2 Å². The third kappa shape index (κ3) is 5.18. The van der Waals surface area contributed by atoms with Crippen LogP contribution in [0.5, 0.6) is 0 Å². The van der Waals surface area contributed by atoms with E-state index in [4.69, 9.17) is 4.74 Å². The van der Waals surface area contributed by atoms with Gasteiger partial charge in [-0.05, 0) is 49.2 Å². The van der Waals surface area contributed by atoms with Gasteiger partial charge in [-0.1, -0.05) is 18.2 Å². The summed E-state index contributed by atoms with van der Waals surface area (Å²) in [5, 5.41) is 2.39. The van der Waals surface area contributed by atoms with Gasteiger partial charge in [-0.25, -0.2) is 4.39 Å². The molecule has 1 atom stereocenters. The number of nitrogens with one attached hydrogen (secondary N) is 1. The Morgan fingerprint density at radius 1 is 1.20 bits per heavy atom. The van der Waals surface area contributed by atoms with Gasteiger partial charge < -0.3 is 10.1 Å². The van der Waals surface area contributed by atoms with Gasteiger partial charge in [0.2, 0.25) is 11.8 Å². The number of ether oxygens (including phenoxy) is 1. The highest BCUT2D eigenvalue weighted by Gasteiger charge is 2.35. The Bertz CT molecular complexity index is 949. The van der Waals surface area contributed by atoms with E-state index in [-0.39, 0.29) is 48.1 Å². The van der Waals surface area contributed by atoms with Crippen molar-refractivity contribution >= 4 is 40.9 Å². The van der Waals surface area contributed by atoms with Gasteiger partial charge in [0.1, 0.15) is 11.2 Å². The lowest BCUT2D eigenvalue weighted by atomic mass is 10.1. The molecule has 0 bridgehead atoms. The summed E-state index contributed by atoms with van der Waals surface area (Å²) in [6.07, 6.45) is 0.0591. The van der Waals surface area contributed by atoms with Crippen LogP contribution >= 0.6 is 11.8 Å². The molecule has 2 amide bonds. The number of benzene rings is 2. The molecular formula is C22H23FN2O4S. The number of esters is 1. The lowest BCUT2D eigenvalue weighted by molar-refractivity contribution is -0.144. The molecule has 1 heterocycles.